The highest BCUT2D eigenvalue weighted by Crippen LogP contribution is 2.11. The van der Waals surface area contributed by atoms with E-state index < -0.39 is 0 Å². The number of amides is 2. The highest BCUT2D eigenvalue weighted by atomic mass is 16.2. The molecule has 0 radical (unpaired) electrons. The van der Waals surface area contributed by atoms with E-state index in [9.17, 15) is 4.79 Å². The van der Waals surface area contributed by atoms with Crippen molar-refractivity contribution in [1.29, 1.82) is 0 Å². The first kappa shape index (κ1) is 12.3. The Morgan fingerprint density at radius 2 is 2.27 bits per heavy atom. The van der Waals surface area contributed by atoms with E-state index in [1.54, 1.807) is 4.90 Å². The molecule has 1 unspecified atom stereocenters. The maximum Gasteiger partial charge on any atom is 0.319 e. The van der Waals surface area contributed by atoms with Crippen molar-refractivity contribution in [2.75, 3.05) is 33.2 Å². The summed E-state index contributed by atoms with van der Waals surface area (Å²) in [4.78, 5) is 15.6. The molecule has 1 saturated heterocycles. The van der Waals surface area contributed by atoms with E-state index >= 15 is 0 Å². The maximum atomic E-state index is 11.9. The topological polar surface area (TPSA) is 35.6 Å². The highest BCUT2D eigenvalue weighted by Gasteiger charge is 2.24. The highest BCUT2D eigenvalue weighted by molar-refractivity contribution is 5.74. The van der Waals surface area contributed by atoms with Gasteiger partial charge in [-0.1, -0.05) is 6.92 Å². The summed E-state index contributed by atoms with van der Waals surface area (Å²) in [5.74, 6) is 0. The van der Waals surface area contributed by atoms with Crippen LogP contribution in [-0.4, -0.2) is 55.1 Å². The zero-order chi connectivity index (χ0) is 11.3. The van der Waals surface area contributed by atoms with Crippen LogP contribution in [0.3, 0.4) is 0 Å². The van der Waals surface area contributed by atoms with E-state index in [1.807, 2.05) is 18.9 Å². The normalized spacial score (nSPS) is 21.5. The van der Waals surface area contributed by atoms with Crippen LogP contribution in [0.5, 0.6) is 0 Å². The number of hydrogen-bond donors (Lipinski definition) is 1. The number of likely N-dealkylation sites (N-methyl/N-ethyl adjacent to an activating group) is 1. The monoisotopic (exact) mass is 213 g/mol. The second-order valence-electron chi connectivity index (χ2n) is 4.14. The summed E-state index contributed by atoms with van der Waals surface area (Å²) in [5, 5.41) is 3.41. The fraction of sp³-hybridized carbons (Fsp3) is 0.909. The van der Waals surface area contributed by atoms with Crippen LogP contribution in [0.15, 0.2) is 0 Å². The lowest BCUT2D eigenvalue weighted by molar-refractivity contribution is 0.144. The summed E-state index contributed by atoms with van der Waals surface area (Å²) in [6.07, 6.45) is 2.30. The largest absolute Gasteiger partial charge is 0.328 e. The molecule has 0 aromatic heterocycles. The van der Waals surface area contributed by atoms with Crippen LogP contribution in [-0.2, 0) is 0 Å². The van der Waals surface area contributed by atoms with E-state index in [0.29, 0.717) is 6.04 Å². The molecule has 1 fully saturated rings. The molecule has 1 atom stereocenters. The number of piperidine rings is 1. The molecule has 1 rings (SSSR count). The van der Waals surface area contributed by atoms with Gasteiger partial charge in [-0.15, -0.1) is 0 Å². The molecule has 4 heteroatoms. The minimum atomic E-state index is 0.167. The Balaban J connectivity index is 2.44. The first-order valence-electron chi connectivity index (χ1n) is 5.92. The zero-order valence-electron chi connectivity index (χ0n) is 10.1. The quantitative estimate of drug-likeness (QED) is 0.763. The fourth-order valence-electron chi connectivity index (χ4n) is 1.98. The van der Waals surface area contributed by atoms with E-state index in [4.69, 9.17) is 0 Å². The third-order valence-electron chi connectivity index (χ3n) is 2.99. The van der Waals surface area contributed by atoms with Gasteiger partial charge in [0.25, 0.3) is 0 Å². The lowest BCUT2D eigenvalue weighted by atomic mass is 10.1. The first-order valence-corrected chi connectivity index (χ1v) is 5.92. The second kappa shape index (κ2) is 5.95. The third-order valence-corrected chi connectivity index (χ3v) is 2.99. The minimum absolute atomic E-state index is 0.167. The Morgan fingerprint density at radius 3 is 2.87 bits per heavy atom. The summed E-state index contributed by atoms with van der Waals surface area (Å²) < 4.78 is 0. The van der Waals surface area contributed by atoms with Crippen molar-refractivity contribution in [1.82, 2.24) is 15.1 Å². The number of hydrogen-bond acceptors (Lipinski definition) is 2. The van der Waals surface area contributed by atoms with Gasteiger partial charge in [0.05, 0.1) is 0 Å². The van der Waals surface area contributed by atoms with Crippen LogP contribution >= 0.6 is 0 Å². The van der Waals surface area contributed by atoms with Crippen molar-refractivity contribution in [2.24, 2.45) is 0 Å². The summed E-state index contributed by atoms with van der Waals surface area (Å²) in [6, 6.07) is 0.651. The molecule has 1 N–H and O–H groups in total. The number of carbonyl (C=O) groups is 1. The molecule has 1 heterocycles. The van der Waals surface area contributed by atoms with Crippen molar-refractivity contribution < 1.29 is 4.79 Å². The van der Waals surface area contributed by atoms with Gasteiger partial charge in [-0.2, -0.15) is 0 Å². The standard InChI is InChI=1S/C11H23N3O/c1-4-12-10-7-6-8-14(9-10)11(15)13(3)5-2/h10,12H,4-9H2,1-3H3. The molecular weight excluding hydrogens is 190 g/mol. The van der Waals surface area contributed by atoms with Gasteiger partial charge in [0.2, 0.25) is 0 Å². The average Bonchev–Trinajstić information content (AvgIpc) is 2.28. The number of nitrogens with zero attached hydrogens (tertiary/aromatic N) is 2. The minimum Gasteiger partial charge on any atom is -0.328 e. The van der Waals surface area contributed by atoms with Crippen molar-refractivity contribution in [2.45, 2.75) is 32.7 Å². The molecule has 4 nitrogen and oxygen atoms in total. The summed E-state index contributed by atoms with van der Waals surface area (Å²) in [7, 11) is 1.86. The zero-order valence-corrected chi connectivity index (χ0v) is 10.1. The molecule has 1 aliphatic rings. The molecule has 15 heavy (non-hydrogen) atoms. The lowest BCUT2D eigenvalue weighted by Gasteiger charge is -2.35. The van der Waals surface area contributed by atoms with Crippen LogP contribution in [0.4, 0.5) is 4.79 Å². The second-order valence-corrected chi connectivity index (χ2v) is 4.14. The van der Waals surface area contributed by atoms with Crippen molar-refractivity contribution in [3.63, 3.8) is 0 Å². The maximum absolute atomic E-state index is 11.9. The van der Waals surface area contributed by atoms with E-state index in [2.05, 4.69) is 12.2 Å². The molecule has 0 aromatic rings. The van der Waals surface area contributed by atoms with Crippen molar-refractivity contribution in [3.8, 4) is 0 Å². The number of rotatable bonds is 3. The van der Waals surface area contributed by atoms with Gasteiger partial charge in [-0.05, 0) is 26.3 Å². The van der Waals surface area contributed by atoms with Crippen molar-refractivity contribution >= 4 is 6.03 Å². The molecule has 88 valence electrons. The Labute approximate surface area is 92.6 Å². The summed E-state index contributed by atoms with van der Waals surface area (Å²) in [5.41, 5.74) is 0. The van der Waals surface area contributed by atoms with Crippen molar-refractivity contribution in [3.05, 3.63) is 0 Å². The van der Waals surface area contributed by atoms with Crippen LogP contribution in [0, 0.1) is 0 Å². The predicted molar refractivity (Wildman–Crippen MR) is 62.0 cm³/mol. The van der Waals surface area contributed by atoms with Gasteiger partial charge in [-0.3, -0.25) is 0 Å². The molecular formula is C11H23N3O. The molecule has 0 saturated carbocycles. The smallest absolute Gasteiger partial charge is 0.319 e. The van der Waals surface area contributed by atoms with Crippen LogP contribution < -0.4 is 5.32 Å². The third kappa shape index (κ3) is 3.38. The SMILES string of the molecule is CCNC1CCCN(C(=O)N(C)CC)C1. The Bertz CT molecular complexity index is 206. The Morgan fingerprint density at radius 1 is 1.53 bits per heavy atom. The molecule has 1 aliphatic heterocycles. The first-order chi connectivity index (χ1) is 7.19. The average molecular weight is 213 g/mol. The van der Waals surface area contributed by atoms with Crippen LogP contribution in [0.2, 0.25) is 0 Å². The van der Waals surface area contributed by atoms with E-state index in [0.717, 1.165) is 32.6 Å². The van der Waals surface area contributed by atoms with Gasteiger partial charge >= 0.3 is 6.03 Å². The van der Waals surface area contributed by atoms with Gasteiger partial charge < -0.3 is 15.1 Å². The molecule has 0 bridgehead atoms. The molecule has 0 aromatic carbocycles. The number of carbonyl (C=O) groups excluding carboxylic acids is 1. The molecule has 2 amide bonds. The van der Waals surface area contributed by atoms with Crippen LogP contribution in [0.25, 0.3) is 0 Å². The van der Waals surface area contributed by atoms with Gasteiger partial charge in [-0.25, -0.2) is 4.79 Å². The Kier molecular flexibility index (Phi) is 4.88. The molecule has 0 spiro atoms. The van der Waals surface area contributed by atoms with E-state index in [-0.39, 0.29) is 6.03 Å². The summed E-state index contributed by atoms with van der Waals surface area (Å²) in [6.45, 7) is 7.64. The van der Waals surface area contributed by atoms with Crippen LogP contribution in [0.1, 0.15) is 26.7 Å². The predicted octanol–water partition coefficient (Wildman–Crippen LogP) is 1.13. The number of nitrogens with one attached hydrogen (secondary N) is 1. The fourth-order valence-corrected chi connectivity index (χ4v) is 1.98. The Hall–Kier alpha value is -0.770. The number of likely N-dealkylation sites (tertiary alicyclic amines) is 1. The molecule has 0 aliphatic carbocycles. The summed E-state index contributed by atoms with van der Waals surface area (Å²) >= 11 is 0. The van der Waals surface area contributed by atoms with Gasteiger partial charge in [0.15, 0.2) is 0 Å². The number of urea groups is 1. The van der Waals surface area contributed by atoms with Gasteiger partial charge in [0, 0.05) is 32.7 Å². The lowest BCUT2D eigenvalue weighted by Crippen LogP contribution is -2.51. The van der Waals surface area contributed by atoms with Gasteiger partial charge in [0.1, 0.15) is 0 Å². The van der Waals surface area contributed by atoms with E-state index in [1.165, 1.54) is 6.42 Å².